The Morgan fingerprint density at radius 2 is 1.83 bits per heavy atom. The van der Waals surface area contributed by atoms with E-state index in [0.29, 0.717) is 17.9 Å². The maximum atomic E-state index is 12.6. The van der Waals surface area contributed by atoms with Crippen LogP contribution in [0.5, 0.6) is 11.5 Å². The lowest BCUT2D eigenvalue weighted by molar-refractivity contribution is -0.274. The van der Waals surface area contributed by atoms with Crippen molar-refractivity contribution in [3.63, 3.8) is 0 Å². The van der Waals surface area contributed by atoms with Crippen LogP contribution in [0, 0.1) is 0 Å². The maximum absolute atomic E-state index is 12.6. The summed E-state index contributed by atoms with van der Waals surface area (Å²) in [4.78, 5) is 0. The number of hydrogen-bond donors (Lipinski definition) is 2. The first-order chi connectivity index (χ1) is 13.7. The van der Waals surface area contributed by atoms with Gasteiger partial charge in [-0.1, -0.05) is 31.9 Å². The van der Waals surface area contributed by atoms with Gasteiger partial charge in [0.2, 0.25) is 0 Å². The lowest BCUT2D eigenvalue weighted by Gasteiger charge is -2.34. The second-order valence-corrected chi connectivity index (χ2v) is 8.62. The molecule has 4 nitrogen and oxygen atoms in total. The first kappa shape index (κ1) is 25.3. The van der Waals surface area contributed by atoms with Crippen molar-refractivity contribution in [3.8, 4) is 11.5 Å². The number of rotatable bonds is 6. The van der Waals surface area contributed by atoms with E-state index in [2.05, 4.69) is 59.4 Å². The van der Waals surface area contributed by atoms with Gasteiger partial charge >= 0.3 is 6.36 Å². The molecule has 1 heterocycles. The fraction of sp³-hybridized carbons (Fsp3) is 0.400. The van der Waals surface area contributed by atoms with Crippen LogP contribution in [0.4, 0.5) is 13.2 Å². The van der Waals surface area contributed by atoms with Crippen LogP contribution >= 0.6 is 44.3 Å². The number of benzene rings is 2. The summed E-state index contributed by atoms with van der Waals surface area (Å²) in [6.45, 7) is 1.27. The molecule has 0 amide bonds. The number of piperidine rings is 1. The van der Waals surface area contributed by atoms with E-state index in [1.54, 1.807) is 0 Å². The Kier molecular flexibility index (Phi) is 9.30. The summed E-state index contributed by atoms with van der Waals surface area (Å²) in [6, 6.07) is 10.4. The lowest BCUT2D eigenvalue weighted by atomic mass is 9.92. The molecular weight excluding hydrogens is 552 g/mol. The fourth-order valence-corrected chi connectivity index (χ4v) is 4.87. The summed E-state index contributed by atoms with van der Waals surface area (Å²) >= 11 is 7.05. The molecule has 0 radical (unpaired) electrons. The number of halogens is 6. The fourth-order valence-electron chi connectivity index (χ4n) is 3.54. The van der Waals surface area contributed by atoms with Gasteiger partial charge in [-0.05, 0) is 61.3 Å². The highest BCUT2D eigenvalue weighted by Crippen LogP contribution is 2.31. The van der Waals surface area contributed by atoms with E-state index in [-0.39, 0.29) is 30.2 Å². The normalized spacial score (nSPS) is 19.1. The van der Waals surface area contributed by atoms with Crippen LogP contribution in [0.2, 0.25) is 0 Å². The van der Waals surface area contributed by atoms with Gasteiger partial charge in [-0.2, -0.15) is 0 Å². The van der Waals surface area contributed by atoms with Crippen LogP contribution in [0.25, 0.3) is 0 Å². The molecular formula is C20H22Br2ClF3N2O2. The van der Waals surface area contributed by atoms with Crippen molar-refractivity contribution < 1.29 is 22.6 Å². The summed E-state index contributed by atoms with van der Waals surface area (Å²) in [7, 11) is 1.49. The smallest absolute Gasteiger partial charge is 0.496 e. The molecule has 1 aliphatic heterocycles. The SMILES string of the molecule is COc1ccc(OC(F)(F)F)cc1CN[C@H]1CCCN[C@H]1c1cc(Br)cc(Br)c1.Cl. The first-order valence-electron chi connectivity index (χ1n) is 9.10. The van der Waals surface area contributed by atoms with Crippen molar-refractivity contribution in [2.75, 3.05) is 13.7 Å². The third-order valence-corrected chi connectivity index (χ3v) is 5.66. The highest BCUT2D eigenvalue weighted by atomic mass is 79.9. The van der Waals surface area contributed by atoms with Gasteiger partial charge in [-0.25, -0.2) is 0 Å². The van der Waals surface area contributed by atoms with Gasteiger partial charge in [-0.3, -0.25) is 0 Å². The van der Waals surface area contributed by atoms with Crippen molar-refractivity contribution in [1.29, 1.82) is 0 Å². The van der Waals surface area contributed by atoms with Crippen LogP contribution in [0.1, 0.15) is 30.0 Å². The zero-order valence-electron chi connectivity index (χ0n) is 16.1. The summed E-state index contributed by atoms with van der Waals surface area (Å²) in [5.74, 6) is 0.252. The van der Waals surface area contributed by atoms with E-state index in [4.69, 9.17) is 4.74 Å². The minimum Gasteiger partial charge on any atom is -0.496 e. The van der Waals surface area contributed by atoms with Crippen LogP contribution in [-0.2, 0) is 6.54 Å². The van der Waals surface area contributed by atoms with E-state index in [1.807, 2.05) is 6.07 Å². The Labute approximate surface area is 196 Å². The molecule has 2 atom stereocenters. The number of methoxy groups -OCH3 is 1. The van der Waals surface area contributed by atoms with Crippen LogP contribution in [0.3, 0.4) is 0 Å². The molecule has 0 aliphatic carbocycles. The maximum Gasteiger partial charge on any atom is 0.573 e. The Balaban J connectivity index is 0.00000320. The molecule has 30 heavy (non-hydrogen) atoms. The average Bonchev–Trinajstić information content (AvgIpc) is 2.64. The molecule has 2 aromatic carbocycles. The first-order valence-corrected chi connectivity index (χ1v) is 10.7. The van der Waals surface area contributed by atoms with Gasteiger partial charge in [-0.15, -0.1) is 25.6 Å². The zero-order chi connectivity index (χ0) is 21.0. The molecule has 0 bridgehead atoms. The van der Waals surface area contributed by atoms with Gasteiger partial charge < -0.3 is 20.1 Å². The number of alkyl halides is 3. The third kappa shape index (κ3) is 7.02. The minimum atomic E-state index is -4.73. The van der Waals surface area contributed by atoms with E-state index >= 15 is 0 Å². The Hall–Kier alpha value is -1.000. The van der Waals surface area contributed by atoms with E-state index in [9.17, 15) is 13.2 Å². The summed E-state index contributed by atoms with van der Waals surface area (Å²) in [5, 5.41) is 7.02. The lowest BCUT2D eigenvalue weighted by Crippen LogP contribution is -2.45. The molecule has 1 fully saturated rings. The standard InChI is InChI=1S/C20H21Br2F3N2O2.ClH/c1-28-18-5-4-16(29-20(23,24)25)9-13(18)11-27-17-3-2-6-26-19(17)12-7-14(21)10-15(22)8-12;/h4-5,7-10,17,19,26-27H,2-3,6,11H2,1H3;1H/t17-,19-;/m0./s1. The molecule has 1 saturated heterocycles. The van der Waals surface area contributed by atoms with Crippen molar-refractivity contribution in [3.05, 3.63) is 56.5 Å². The predicted octanol–water partition coefficient (Wildman–Crippen LogP) is 6.12. The van der Waals surface area contributed by atoms with Crippen molar-refractivity contribution >= 4 is 44.3 Å². The topological polar surface area (TPSA) is 42.5 Å². The Bertz CT molecular complexity index is 835. The van der Waals surface area contributed by atoms with E-state index in [0.717, 1.165) is 33.9 Å². The largest absolute Gasteiger partial charge is 0.573 e. The Morgan fingerprint density at radius 1 is 1.13 bits per heavy atom. The minimum absolute atomic E-state index is 0. The molecule has 3 rings (SSSR count). The molecule has 166 valence electrons. The van der Waals surface area contributed by atoms with Crippen molar-refractivity contribution in [2.24, 2.45) is 0 Å². The van der Waals surface area contributed by atoms with Gasteiger partial charge in [0.25, 0.3) is 0 Å². The second-order valence-electron chi connectivity index (χ2n) is 6.79. The molecule has 10 heteroatoms. The zero-order valence-corrected chi connectivity index (χ0v) is 20.1. The number of ether oxygens (including phenoxy) is 2. The third-order valence-electron chi connectivity index (χ3n) is 4.74. The molecule has 2 N–H and O–H groups in total. The van der Waals surface area contributed by atoms with Crippen LogP contribution in [0.15, 0.2) is 45.3 Å². The average molecular weight is 575 g/mol. The van der Waals surface area contributed by atoms with Gasteiger partial charge in [0.15, 0.2) is 0 Å². The Morgan fingerprint density at radius 3 is 2.47 bits per heavy atom. The van der Waals surface area contributed by atoms with Gasteiger partial charge in [0.1, 0.15) is 11.5 Å². The van der Waals surface area contributed by atoms with Crippen molar-refractivity contribution in [2.45, 2.75) is 37.8 Å². The van der Waals surface area contributed by atoms with Crippen LogP contribution < -0.4 is 20.1 Å². The molecule has 0 saturated carbocycles. The summed E-state index contributed by atoms with van der Waals surface area (Å²) in [5.41, 5.74) is 1.73. The van der Waals surface area contributed by atoms with E-state index in [1.165, 1.54) is 25.3 Å². The summed E-state index contributed by atoms with van der Waals surface area (Å²) < 4.78 is 49.0. The molecule has 1 aliphatic rings. The van der Waals surface area contributed by atoms with E-state index < -0.39 is 6.36 Å². The monoisotopic (exact) mass is 572 g/mol. The predicted molar refractivity (Wildman–Crippen MR) is 119 cm³/mol. The van der Waals surface area contributed by atoms with Gasteiger partial charge in [0, 0.05) is 33.1 Å². The number of hydrogen-bond acceptors (Lipinski definition) is 4. The van der Waals surface area contributed by atoms with Gasteiger partial charge in [0.05, 0.1) is 7.11 Å². The quantitative estimate of drug-likeness (QED) is 0.436. The van der Waals surface area contributed by atoms with Crippen LogP contribution in [-0.4, -0.2) is 26.1 Å². The molecule has 0 spiro atoms. The molecule has 2 aromatic rings. The highest BCUT2D eigenvalue weighted by Gasteiger charge is 2.31. The number of nitrogens with one attached hydrogen (secondary N) is 2. The molecule has 0 aromatic heterocycles. The highest BCUT2D eigenvalue weighted by molar-refractivity contribution is 9.11. The summed E-state index contributed by atoms with van der Waals surface area (Å²) in [6.07, 6.45) is -2.77. The van der Waals surface area contributed by atoms with Crippen molar-refractivity contribution in [1.82, 2.24) is 10.6 Å². The second kappa shape index (κ2) is 11.0. The molecule has 0 unspecified atom stereocenters.